The van der Waals surface area contributed by atoms with E-state index in [1.807, 2.05) is 29.6 Å². The van der Waals surface area contributed by atoms with Gasteiger partial charge in [0.2, 0.25) is 5.13 Å². The number of benzene rings is 3. The molecule has 0 saturated heterocycles. The SMILES string of the molecule is FC(F)(F)c1ccc(/C=N/Nc2nc(-c3cccc4ccccc34)cs2)cc1. The van der Waals surface area contributed by atoms with Crippen molar-refractivity contribution in [2.45, 2.75) is 6.18 Å². The molecule has 0 amide bonds. The fourth-order valence-corrected chi connectivity index (χ4v) is 3.48. The number of alkyl halides is 3. The zero-order chi connectivity index (χ0) is 19.6. The van der Waals surface area contributed by atoms with Crippen molar-refractivity contribution >= 4 is 33.5 Å². The summed E-state index contributed by atoms with van der Waals surface area (Å²) in [7, 11) is 0. The van der Waals surface area contributed by atoms with E-state index < -0.39 is 11.7 Å². The monoisotopic (exact) mass is 397 g/mol. The molecule has 0 unspecified atom stereocenters. The molecule has 140 valence electrons. The van der Waals surface area contributed by atoms with E-state index in [1.54, 1.807) is 0 Å². The fourth-order valence-electron chi connectivity index (χ4n) is 2.82. The van der Waals surface area contributed by atoms with Gasteiger partial charge >= 0.3 is 6.18 Å². The second-order valence-corrected chi connectivity index (χ2v) is 6.91. The molecule has 28 heavy (non-hydrogen) atoms. The van der Waals surface area contributed by atoms with Crippen LogP contribution in [0.25, 0.3) is 22.0 Å². The molecule has 3 nitrogen and oxygen atoms in total. The zero-order valence-corrected chi connectivity index (χ0v) is 15.3. The Bertz CT molecular complexity index is 1130. The number of aromatic nitrogens is 1. The van der Waals surface area contributed by atoms with Gasteiger partial charge in [0.1, 0.15) is 0 Å². The van der Waals surface area contributed by atoms with Crippen LogP contribution >= 0.6 is 11.3 Å². The largest absolute Gasteiger partial charge is 0.416 e. The van der Waals surface area contributed by atoms with Crippen LogP contribution < -0.4 is 5.43 Å². The molecule has 0 saturated carbocycles. The zero-order valence-electron chi connectivity index (χ0n) is 14.4. The van der Waals surface area contributed by atoms with Crippen molar-refractivity contribution in [3.8, 4) is 11.3 Å². The summed E-state index contributed by atoms with van der Waals surface area (Å²) in [5, 5.41) is 8.87. The van der Waals surface area contributed by atoms with E-state index >= 15 is 0 Å². The molecule has 0 atom stereocenters. The molecular formula is C21H14F3N3S. The Kier molecular flexibility index (Phi) is 4.83. The highest BCUT2D eigenvalue weighted by Gasteiger charge is 2.29. The number of hydrogen-bond donors (Lipinski definition) is 1. The van der Waals surface area contributed by atoms with Crippen LogP contribution in [0.1, 0.15) is 11.1 Å². The highest BCUT2D eigenvalue weighted by Crippen LogP contribution is 2.31. The number of nitrogens with zero attached hydrogens (tertiary/aromatic N) is 2. The van der Waals surface area contributed by atoms with E-state index in [0.29, 0.717) is 10.7 Å². The lowest BCUT2D eigenvalue weighted by molar-refractivity contribution is -0.137. The van der Waals surface area contributed by atoms with Crippen LogP contribution in [0.3, 0.4) is 0 Å². The molecule has 0 aliphatic carbocycles. The highest BCUT2D eigenvalue weighted by molar-refractivity contribution is 7.14. The minimum Gasteiger partial charge on any atom is -0.253 e. The second-order valence-electron chi connectivity index (χ2n) is 6.05. The van der Waals surface area contributed by atoms with Crippen molar-refractivity contribution < 1.29 is 13.2 Å². The summed E-state index contributed by atoms with van der Waals surface area (Å²) < 4.78 is 37.7. The van der Waals surface area contributed by atoms with Gasteiger partial charge in [-0.15, -0.1) is 11.3 Å². The number of thiazole rings is 1. The summed E-state index contributed by atoms with van der Waals surface area (Å²) in [6.45, 7) is 0. The molecule has 4 rings (SSSR count). The minimum atomic E-state index is -4.34. The number of rotatable bonds is 4. The van der Waals surface area contributed by atoms with Crippen LogP contribution in [0.15, 0.2) is 77.2 Å². The summed E-state index contributed by atoms with van der Waals surface area (Å²) >= 11 is 1.41. The molecule has 0 aliphatic rings. The lowest BCUT2D eigenvalue weighted by atomic mass is 10.0. The predicted octanol–water partition coefficient (Wildman–Crippen LogP) is 6.43. The van der Waals surface area contributed by atoms with E-state index in [4.69, 9.17) is 0 Å². The average molecular weight is 397 g/mol. The van der Waals surface area contributed by atoms with Gasteiger partial charge in [-0.25, -0.2) is 4.98 Å². The molecule has 4 aromatic rings. The van der Waals surface area contributed by atoms with Crippen LogP contribution in [-0.2, 0) is 6.18 Å². The molecule has 1 aromatic heterocycles. The van der Waals surface area contributed by atoms with Crippen molar-refractivity contribution in [1.29, 1.82) is 0 Å². The summed E-state index contributed by atoms with van der Waals surface area (Å²) in [6, 6.07) is 19.0. The van der Waals surface area contributed by atoms with Crippen LogP contribution in [0.2, 0.25) is 0 Å². The number of anilines is 1. The van der Waals surface area contributed by atoms with E-state index in [0.717, 1.165) is 34.2 Å². The van der Waals surface area contributed by atoms with Gasteiger partial charge in [-0.2, -0.15) is 18.3 Å². The van der Waals surface area contributed by atoms with Gasteiger partial charge in [0.25, 0.3) is 0 Å². The molecule has 0 radical (unpaired) electrons. The smallest absolute Gasteiger partial charge is 0.253 e. The van der Waals surface area contributed by atoms with Crippen molar-refractivity contribution in [3.05, 3.63) is 83.2 Å². The van der Waals surface area contributed by atoms with Crippen LogP contribution in [0.4, 0.5) is 18.3 Å². The Hall–Kier alpha value is -3.19. The number of halogens is 3. The average Bonchev–Trinajstić information content (AvgIpc) is 3.16. The summed E-state index contributed by atoms with van der Waals surface area (Å²) in [4.78, 5) is 4.55. The lowest BCUT2D eigenvalue weighted by Gasteiger charge is -2.05. The van der Waals surface area contributed by atoms with Gasteiger partial charge in [0.15, 0.2) is 0 Å². The molecule has 3 aromatic carbocycles. The number of hydrogen-bond acceptors (Lipinski definition) is 4. The maximum atomic E-state index is 12.6. The summed E-state index contributed by atoms with van der Waals surface area (Å²) in [5.41, 5.74) is 4.59. The van der Waals surface area contributed by atoms with Crippen LogP contribution in [0, 0.1) is 0 Å². The standard InChI is InChI=1S/C21H14F3N3S/c22-21(23,24)16-10-8-14(9-11-16)12-25-27-20-26-19(13-28-20)18-7-3-5-15-4-1-2-6-17(15)18/h1-13H,(H,26,27)/b25-12+. The Labute approximate surface area is 163 Å². The van der Waals surface area contributed by atoms with Gasteiger partial charge in [-0.1, -0.05) is 54.6 Å². The molecule has 0 aliphatic heterocycles. The molecule has 1 heterocycles. The van der Waals surface area contributed by atoms with E-state index in [1.165, 1.54) is 29.7 Å². The van der Waals surface area contributed by atoms with E-state index in [-0.39, 0.29) is 0 Å². The lowest BCUT2D eigenvalue weighted by Crippen LogP contribution is -2.04. The maximum Gasteiger partial charge on any atom is 0.416 e. The van der Waals surface area contributed by atoms with E-state index in [9.17, 15) is 13.2 Å². The molecule has 0 spiro atoms. The van der Waals surface area contributed by atoms with Gasteiger partial charge in [0.05, 0.1) is 17.5 Å². The number of fused-ring (bicyclic) bond motifs is 1. The first-order chi connectivity index (χ1) is 13.5. The Morgan fingerprint density at radius 1 is 0.929 bits per heavy atom. The molecule has 7 heteroatoms. The van der Waals surface area contributed by atoms with Crippen molar-refractivity contribution in [1.82, 2.24) is 4.98 Å². The third-order valence-corrected chi connectivity index (χ3v) is 4.93. The third kappa shape index (κ3) is 3.89. The minimum absolute atomic E-state index is 0.561. The van der Waals surface area contributed by atoms with Gasteiger partial charge in [-0.3, -0.25) is 5.43 Å². The van der Waals surface area contributed by atoms with Crippen molar-refractivity contribution in [2.75, 3.05) is 5.43 Å². The van der Waals surface area contributed by atoms with Crippen molar-refractivity contribution in [3.63, 3.8) is 0 Å². The third-order valence-electron chi connectivity index (χ3n) is 4.18. The van der Waals surface area contributed by atoms with Gasteiger partial charge in [-0.05, 0) is 28.5 Å². The van der Waals surface area contributed by atoms with Crippen LogP contribution in [0.5, 0.6) is 0 Å². The topological polar surface area (TPSA) is 37.3 Å². The first-order valence-electron chi connectivity index (χ1n) is 8.41. The Morgan fingerprint density at radius 2 is 1.68 bits per heavy atom. The second kappa shape index (κ2) is 7.44. The Balaban J connectivity index is 1.49. The van der Waals surface area contributed by atoms with Gasteiger partial charge in [0, 0.05) is 10.9 Å². The molecule has 0 bridgehead atoms. The van der Waals surface area contributed by atoms with Gasteiger partial charge < -0.3 is 0 Å². The number of hydrazone groups is 1. The highest BCUT2D eigenvalue weighted by atomic mass is 32.1. The predicted molar refractivity (Wildman–Crippen MR) is 108 cm³/mol. The number of nitrogens with one attached hydrogen (secondary N) is 1. The molecule has 0 fully saturated rings. The normalized spacial score (nSPS) is 12.0. The first kappa shape index (κ1) is 18.2. The Morgan fingerprint density at radius 3 is 2.46 bits per heavy atom. The molecular weight excluding hydrogens is 383 g/mol. The molecule has 1 N–H and O–H groups in total. The van der Waals surface area contributed by atoms with Crippen molar-refractivity contribution in [2.24, 2.45) is 5.10 Å². The quantitative estimate of drug-likeness (QED) is 0.318. The van der Waals surface area contributed by atoms with E-state index in [2.05, 4.69) is 33.7 Å². The summed E-state index contributed by atoms with van der Waals surface area (Å²) in [6.07, 6.45) is -2.88. The maximum absolute atomic E-state index is 12.6. The van der Waals surface area contributed by atoms with Crippen LogP contribution in [-0.4, -0.2) is 11.2 Å². The first-order valence-corrected chi connectivity index (χ1v) is 9.29. The fraction of sp³-hybridized carbons (Fsp3) is 0.0476. The summed E-state index contributed by atoms with van der Waals surface area (Å²) in [5.74, 6) is 0.